The van der Waals surface area contributed by atoms with Gasteiger partial charge >= 0.3 is 0 Å². The van der Waals surface area contributed by atoms with E-state index < -0.39 is 0 Å². The van der Waals surface area contributed by atoms with Crippen molar-refractivity contribution < 1.29 is 9.84 Å². The number of nitrogens with zero attached hydrogens (tertiary/aromatic N) is 1. The van der Waals surface area contributed by atoms with Gasteiger partial charge in [0.05, 0.1) is 6.61 Å². The molecule has 0 saturated heterocycles. The van der Waals surface area contributed by atoms with Gasteiger partial charge in [0.25, 0.3) is 0 Å². The quantitative estimate of drug-likeness (QED) is 0.771. The maximum absolute atomic E-state index is 9.25. The predicted molar refractivity (Wildman–Crippen MR) is 85.4 cm³/mol. The Morgan fingerprint density at radius 3 is 2.43 bits per heavy atom. The van der Waals surface area contributed by atoms with E-state index in [0.29, 0.717) is 19.2 Å². The maximum atomic E-state index is 9.25. The summed E-state index contributed by atoms with van der Waals surface area (Å²) in [5.41, 5.74) is 6.70. The number of hydrogen-bond acceptors (Lipinski definition) is 4. The van der Waals surface area contributed by atoms with Crippen LogP contribution in [-0.2, 0) is 6.54 Å². The summed E-state index contributed by atoms with van der Waals surface area (Å²) in [5.74, 6) is 0.889. The Balaban J connectivity index is 1.77. The number of ether oxygens (including phenoxy) is 1. The van der Waals surface area contributed by atoms with E-state index in [2.05, 4.69) is 4.90 Å². The lowest BCUT2D eigenvalue weighted by molar-refractivity contribution is 0.106. The van der Waals surface area contributed by atoms with E-state index in [4.69, 9.17) is 10.5 Å². The molecule has 21 heavy (non-hydrogen) atoms. The van der Waals surface area contributed by atoms with Gasteiger partial charge in [0.1, 0.15) is 12.4 Å². The van der Waals surface area contributed by atoms with Gasteiger partial charge in [-0.15, -0.1) is 0 Å². The van der Waals surface area contributed by atoms with Gasteiger partial charge < -0.3 is 15.6 Å². The Morgan fingerprint density at radius 1 is 1.10 bits per heavy atom. The summed E-state index contributed by atoms with van der Waals surface area (Å²) >= 11 is 0. The monoisotopic (exact) mass is 292 g/mol. The molecule has 0 atom stereocenters. The molecular formula is C17H28N2O2. The minimum Gasteiger partial charge on any atom is -0.492 e. The van der Waals surface area contributed by atoms with Gasteiger partial charge in [0, 0.05) is 25.7 Å². The van der Waals surface area contributed by atoms with Crippen molar-refractivity contribution in [2.45, 2.75) is 44.7 Å². The lowest BCUT2D eigenvalue weighted by Gasteiger charge is -2.33. The summed E-state index contributed by atoms with van der Waals surface area (Å²) in [6.07, 6.45) is 6.49. The first-order valence-electron chi connectivity index (χ1n) is 8.10. The summed E-state index contributed by atoms with van der Waals surface area (Å²) in [4.78, 5) is 2.38. The second-order valence-electron chi connectivity index (χ2n) is 5.75. The highest BCUT2D eigenvalue weighted by atomic mass is 16.5. The normalized spacial score (nSPS) is 16.3. The lowest BCUT2D eigenvalue weighted by Crippen LogP contribution is -2.41. The van der Waals surface area contributed by atoms with Crippen LogP contribution in [-0.4, -0.2) is 42.4 Å². The van der Waals surface area contributed by atoms with Crippen LogP contribution in [0.25, 0.3) is 0 Å². The molecule has 1 aromatic rings. The SMILES string of the molecule is NCc1ccc(OCCN(CCO)C2CCCCC2)cc1. The van der Waals surface area contributed by atoms with E-state index in [1.165, 1.54) is 32.1 Å². The molecule has 2 rings (SSSR count). The van der Waals surface area contributed by atoms with Crippen LogP contribution in [0.2, 0.25) is 0 Å². The molecule has 118 valence electrons. The van der Waals surface area contributed by atoms with E-state index in [-0.39, 0.29) is 6.61 Å². The van der Waals surface area contributed by atoms with Gasteiger partial charge in [0.2, 0.25) is 0 Å². The summed E-state index contributed by atoms with van der Waals surface area (Å²) in [7, 11) is 0. The Kier molecular flexibility index (Phi) is 7.00. The number of benzene rings is 1. The van der Waals surface area contributed by atoms with E-state index >= 15 is 0 Å². The van der Waals surface area contributed by atoms with Crippen LogP contribution >= 0.6 is 0 Å². The molecule has 0 bridgehead atoms. The van der Waals surface area contributed by atoms with Crippen molar-refractivity contribution in [3.05, 3.63) is 29.8 Å². The summed E-state index contributed by atoms with van der Waals surface area (Å²) in [6.45, 7) is 3.08. The van der Waals surface area contributed by atoms with E-state index in [1.54, 1.807) is 0 Å². The molecule has 1 aliphatic rings. The molecular weight excluding hydrogens is 264 g/mol. The van der Waals surface area contributed by atoms with Gasteiger partial charge in [0.15, 0.2) is 0 Å². The molecule has 1 saturated carbocycles. The van der Waals surface area contributed by atoms with E-state index in [9.17, 15) is 5.11 Å². The fourth-order valence-electron chi connectivity index (χ4n) is 3.05. The summed E-state index contributed by atoms with van der Waals surface area (Å²) in [5, 5.41) is 9.25. The number of aliphatic hydroxyl groups excluding tert-OH is 1. The van der Waals surface area contributed by atoms with Crippen LogP contribution < -0.4 is 10.5 Å². The van der Waals surface area contributed by atoms with Crippen LogP contribution in [0.5, 0.6) is 5.75 Å². The van der Waals surface area contributed by atoms with Gasteiger partial charge in [-0.05, 0) is 30.5 Å². The van der Waals surface area contributed by atoms with Crippen molar-refractivity contribution in [2.24, 2.45) is 5.73 Å². The third kappa shape index (κ3) is 5.30. The first kappa shape index (κ1) is 16.3. The third-order valence-electron chi connectivity index (χ3n) is 4.28. The Hall–Kier alpha value is -1.10. The lowest BCUT2D eigenvalue weighted by atomic mass is 9.94. The van der Waals surface area contributed by atoms with Crippen molar-refractivity contribution in [1.29, 1.82) is 0 Å². The minimum absolute atomic E-state index is 0.224. The first-order chi connectivity index (χ1) is 10.3. The third-order valence-corrected chi connectivity index (χ3v) is 4.28. The van der Waals surface area contributed by atoms with E-state index in [0.717, 1.165) is 24.4 Å². The van der Waals surface area contributed by atoms with Crippen LogP contribution in [0.1, 0.15) is 37.7 Å². The van der Waals surface area contributed by atoms with Crippen LogP contribution in [0.15, 0.2) is 24.3 Å². The standard InChI is InChI=1S/C17H28N2O2/c18-14-15-6-8-17(9-7-15)21-13-11-19(10-12-20)16-4-2-1-3-5-16/h6-9,16,20H,1-5,10-14,18H2. The fraction of sp³-hybridized carbons (Fsp3) is 0.647. The highest BCUT2D eigenvalue weighted by Gasteiger charge is 2.20. The number of aliphatic hydroxyl groups is 1. The molecule has 1 fully saturated rings. The zero-order valence-corrected chi connectivity index (χ0v) is 12.8. The Morgan fingerprint density at radius 2 is 1.81 bits per heavy atom. The number of rotatable bonds is 8. The van der Waals surface area contributed by atoms with Crippen molar-refractivity contribution in [2.75, 3.05) is 26.3 Å². The fourth-order valence-corrected chi connectivity index (χ4v) is 3.05. The highest BCUT2D eigenvalue weighted by molar-refractivity contribution is 5.27. The van der Waals surface area contributed by atoms with Crippen molar-refractivity contribution >= 4 is 0 Å². The molecule has 3 N–H and O–H groups in total. The van der Waals surface area contributed by atoms with Crippen molar-refractivity contribution in [3.8, 4) is 5.75 Å². The molecule has 0 aliphatic heterocycles. The predicted octanol–water partition coefficient (Wildman–Crippen LogP) is 2.15. The zero-order valence-electron chi connectivity index (χ0n) is 12.8. The van der Waals surface area contributed by atoms with Gasteiger partial charge in [-0.2, -0.15) is 0 Å². The van der Waals surface area contributed by atoms with Gasteiger partial charge in [-0.25, -0.2) is 0 Å². The molecule has 4 nitrogen and oxygen atoms in total. The minimum atomic E-state index is 0.224. The highest BCUT2D eigenvalue weighted by Crippen LogP contribution is 2.22. The topological polar surface area (TPSA) is 58.7 Å². The molecule has 0 spiro atoms. The molecule has 0 heterocycles. The second-order valence-corrected chi connectivity index (χ2v) is 5.75. The Bertz CT molecular complexity index is 388. The largest absolute Gasteiger partial charge is 0.492 e. The van der Waals surface area contributed by atoms with Gasteiger partial charge in [-0.1, -0.05) is 31.4 Å². The molecule has 1 aliphatic carbocycles. The first-order valence-corrected chi connectivity index (χ1v) is 8.10. The van der Waals surface area contributed by atoms with Crippen molar-refractivity contribution in [3.63, 3.8) is 0 Å². The summed E-state index contributed by atoms with van der Waals surface area (Å²) in [6, 6.07) is 8.57. The second kappa shape index (κ2) is 9.03. The average molecular weight is 292 g/mol. The molecule has 4 heteroatoms. The smallest absolute Gasteiger partial charge is 0.119 e. The maximum Gasteiger partial charge on any atom is 0.119 e. The summed E-state index contributed by atoms with van der Waals surface area (Å²) < 4.78 is 5.81. The van der Waals surface area contributed by atoms with E-state index in [1.807, 2.05) is 24.3 Å². The molecule has 0 aromatic heterocycles. The Labute approximate surface area is 127 Å². The van der Waals surface area contributed by atoms with Crippen LogP contribution in [0, 0.1) is 0 Å². The molecule has 0 radical (unpaired) electrons. The number of hydrogen-bond donors (Lipinski definition) is 2. The number of nitrogens with two attached hydrogens (primary N) is 1. The van der Waals surface area contributed by atoms with Crippen molar-refractivity contribution in [1.82, 2.24) is 4.90 Å². The molecule has 0 unspecified atom stereocenters. The van der Waals surface area contributed by atoms with Crippen LogP contribution in [0.4, 0.5) is 0 Å². The molecule has 0 amide bonds. The van der Waals surface area contributed by atoms with Gasteiger partial charge in [-0.3, -0.25) is 4.90 Å². The van der Waals surface area contributed by atoms with Crippen LogP contribution in [0.3, 0.4) is 0 Å². The zero-order chi connectivity index (χ0) is 14.9. The average Bonchev–Trinajstić information content (AvgIpc) is 2.55. The molecule has 1 aromatic carbocycles.